The highest BCUT2D eigenvalue weighted by Gasteiger charge is 2.27. The van der Waals surface area contributed by atoms with Gasteiger partial charge in [0.15, 0.2) is 0 Å². The topological polar surface area (TPSA) is 131 Å². The van der Waals surface area contributed by atoms with Crippen molar-refractivity contribution in [3.63, 3.8) is 0 Å². The van der Waals surface area contributed by atoms with Crippen molar-refractivity contribution < 1.29 is 33.8 Å². The largest absolute Gasteiger partial charge is 0.464 e. The van der Waals surface area contributed by atoms with Gasteiger partial charge in [-0.05, 0) is 45.6 Å². The second kappa shape index (κ2) is 14.4. The maximum absolute atomic E-state index is 12.7. The van der Waals surface area contributed by atoms with Crippen LogP contribution in [-0.2, 0) is 35.1 Å². The van der Waals surface area contributed by atoms with Gasteiger partial charge in [-0.15, -0.1) is 0 Å². The Balaban J connectivity index is 1.98. The number of amides is 2. The molecular weight excluding hydrogens is 464 g/mol. The van der Waals surface area contributed by atoms with Gasteiger partial charge in [-0.3, -0.25) is 19.2 Å². The zero-order valence-corrected chi connectivity index (χ0v) is 21.3. The molecule has 0 unspecified atom stereocenters. The molecule has 9 nitrogen and oxygen atoms in total. The minimum Gasteiger partial charge on any atom is -0.464 e. The van der Waals surface area contributed by atoms with Crippen molar-refractivity contribution in [2.75, 3.05) is 19.8 Å². The Morgan fingerprint density at radius 2 is 1.78 bits per heavy atom. The molecule has 3 atom stereocenters. The van der Waals surface area contributed by atoms with Crippen LogP contribution >= 0.6 is 0 Å². The summed E-state index contributed by atoms with van der Waals surface area (Å²) in [6.07, 6.45) is 4.32. The molecule has 1 aromatic carbocycles. The fourth-order valence-corrected chi connectivity index (χ4v) is 3.81. The Kier molecular flexibility index (Phi) is 11.6. The molecule has 0 bridgehead atoms. The summed E-state index contributed by atoms with van der Waals surface area (Å²) < 4.78 is 10.6. The van der Waals surface area contributed by atoms with Crippen LogP contribution < -0.4 is 10.6 Å². The minimum absolute atomic E-state index is 0.0400. The first-order chi connectivity index (χ1) is 17.1. The number of nitrogens with one attached hydrogen (secondary N) is 2. The van der Waals surface area contributed by atoms with E-state index in [0.29, 0.717) is 6.42 Å². The Morgan fingerprint density at radius 3 is 2.42 bits per heavy atom. The van der Waals surface area contributed by atoms with E-state index in [1.807, 2.05) is 30.3 Å². The molecule has 0 saturated heterocycles. The number of rotatable bonds is 8. The molecule has 0 spiro atoms. The van der Waals surface area contributed by atoms with E-state index in [0.717, 1.165) is 5.56 Å². The lowest BCUT2D eigenvalue weighted by atomic mass is 9.96. The van der Waals surface area contributed by atoms with Crippen molar-refractivity contribution in [3.8, 4) is 0 Å². The van der Waals surface area contributed by atoms with Crippen LogP contribution in [0.15, 0.2) is 42.5 Å². The van der Waals surface area contributed by atoms with Gasteiger partial charge in [0.1, 0.15) is 12.2 Å². The summed E-state index contributed by atoms with van der Waals surface area (Å²) >= 11 is 0. The zero-order chi connectivity index (χ0) is 26.6. The fourth-order valence-electron chi connectivity index (χ4n) is 3.81. The third-order valence-corrected chi connectivity index (χ3v) is 5.53. The Hall–Kier alpha value is -3.20. The quantitative estimate of drug-likeness (QED) is 0.366. The summed E-state index contributed by atoms with van der Waals surface area (Å²) in [4.78, 5) is 50.0. The Morgan fingerprint density at radius 1 is 1.11 bits per heavy atom. The first-order valence-corrected chi connectivity index (χ1v) is 12.3. The Labute approximate surface area is 212 Å². The number of aliphatic hydroxyl groups excluding tert-OH is 1. The average molecular weight is 503 g/mol. The molecule has 3 N–H and O–H groups in total. The van der Waals surface area contributed by atoms with E-state index in [9.17, 15) is 24.3 Å². The van der Waals surface area contributed by atoms with Gasteiger partial charge in [-0.1, -0.05) is 42.5 Å². The van der Waals surface area contributed by atoms with Crippen LogP contribution in [0.1, 0.15) is 52.0 Å². The number of allylic oxidation sites excluding steroid dienone is 2. The predicted octanol–water partition coefficient (Wildman–Crippen LogP) is 2.07. The molecule has 36 heavy (non-hydrogen) atoms. The van der Waals surface area contributed by atoms with E-state index >= 15 is 0 Å². The molecule has 1 heterocycles. The van der Waals surface area contributed by atoms with Crippen LogP contribution in [0, 0.1) is 11.8 Å². The van der Waals surface area contributed by atoms with Gasteiger partial charge >= 0.3 is 11.9 Å². The van der Waals surface area contributed by atoms with Crippen LogP contribution in [-0.4, -0.2) is 60.3 Å². The number of aliphatic hydroxyl groups is 1. The summed E-state index contributed by atoms with van der Waals surface area (Å²) in [6.45, 7) is 5.11. The molecule has 0 fully saturated rings. The lowest BCUT2D eigenvalue weighted by molar-refractivity contribution is -0.161. The lowest BCUT2D eigenvalue weighted by Gasteiger charge is -2.22. The van der Waals surface area contributed by atoms with Crippen LogP contribution in [0.3, 0.4) is 0 Å². The highest BCUT2D eigenvalue weighted by atomic mass is 16.6. The van der Waals surface area contributed by atoms with Crippen LogP contribution in [0.2, 0.25) is 0 Å². The third-order valence-electron chi connectivity index (χ3n) is 5.53. The fraction of sp³-hybridized carbons (Fsp3) is 0.556. The number of hydrogen-bond donors (Lipinski definition) is 3. The van der Waals surface area contributed by atoms with Crippen molar-refractivity contribution in [3.05, 3.63) is 48.0 Å². The highest BCUT2D eigenvalue weighted by molar-refractivity contribution is 5.86. The van der Waals surface area contributed by atoms with Crippen LogP contribution in [0.4, 0.5) is 0 Å². The summed E-state index contributed by atoms with van der Waals surface area (Å²) in [5.74, 6) is -2.99. The van der Waals surface area contributed by atoms with Crippen molar-refractivity contribution in [1.29, 1.82) is 0 Å². The van der Waals surface area contributed by atoms with Gasteiger partial charge in [0.05, 0.1) is 37.5 Å². The first-order valence-electron chi connectivity index (χ1n) is 12.3. The minimum atomic E-state index is -0.698. The standard InChI is InChI=1S/C27H38N2O7/c1-27(2,3)36-24(32)17-21-12-8-7-11-20(25(33)28-13-14-35-26(21)34)16-23(31)29-22(18-30)15-19-9-5-4-6-10-19/h4-10,20-22,30H,11-18H2,1-3H3,(H,28,33)(H,29,31)/b8-7-/t20-,21+,22+/m0/s1. The zero-order valence-electron chi connectivity index (χ0n) is 21.3. The number of carbonyl (C=O) groups is 4. The summed E-state index contributed by atoms with van der Waals surface area (Å²) in [6, 6.07) is 9.06. The molecule has 2 amide bonds. The predicted molar refractivity (Wildman–Crippen MR) is 134 cm³/mol. The molecule has 0 aromatic heterocycles. The van der Waals surface area contributed by atoms with Gasteiger partial charge < -0.3 is 25.2 Å². The molecule has 9 heteroatoms. The summed E-state index contributed by atoms with van der Waals surface area (Å²) in [7, 11) is 0. The van der Waals surface area contributed by atoms with Crippen molar-refractivity contribution in [1.82, 2.24) is 10.6 Å². The van der Waals surface area contributed by atoms with Crippen LogP contribution in [0.25, 0.3) is 0 Å². The van der Waals surface area contributed by atoms with E-state index in [4.69, 9.17) is 9.47 Å². The number of hydrogen-bond acceptors (Lipinski definition) is 7. The maximum Gasteiger partial charge on any atom is 0.309 e. The second-order valence-electron chi connectivity index (χ2n) is 9.93. The molecule has 198 valence electrons. The highest BCUT2D eigenvalue weighted by Crippen LogP contribution is 2.18. The smallest absolute Gasteiger partial charge is 0.309 e. The lowest BCUT2D eigenvalue weighted by Crippen LogP contribution is -2.42. The third kappa shape index (κ3) is 11.0. The number of cyclic esters (lactones) is 1. The number of esters is 2. The Bertz CT molecular complexity index is 908. The van der Waals surface area contributed by atoms with E-state index in [-0.39, 0.29) is 57.3 Å². The summed E-state index contributed by atoms with van der Waals surface area (Å²) in [5, 5.41) is 15.2. The van der Waals surface area contributed by atoms with E-state index in [1.165, 1.54) is 0 Å². The molecule has 0 radical (unpaired) electrons. The normalized spacial score (nSPS) is 21.1. The maximum atomic E-state index is 12.7. The van der Waals surface area contributed by atoms with Gasteiger partial charge in [-0.2, -0.15) is 0 Å². The average Bonchev–Trinajstić information content (AvgIpc) is 2.81. The molecule has 1 aliphatic rings. The molecule has 0 saturated carbocycles. The second-order valence-corrected chi connectivity index (χ2v) is 9.93. The van der Waals surface area contributed by atoms with E-state index < -0.39 is 35.4 Å². The number of benzene rings is 1. The molecule has 1 aromatic rings. The van der Waals surface area contributed by atoms with Crippen molar-refractivity contribution >= 4 is 23.8 Å². The van der Waals surface area contributed by atoms with Crippen LogP contribution in [0.5, 0.6) is 0 Å². The number of carbonyl (C=O) groups excluding carboxylic acids is 4. The monoisotopic (exact) mass is 502 g/mol. The van der Waals surface area contributed by atoms with Gasteiger partial charge in [0.2, 0.25) is 11.8 Å². The molecule has 2 rings (SSSR count). The summed E-state index contributed by atoms with van der Waals surface area (Å²) in [5.41, 5.74) is 0.329. The molecule has 1 aliphatic heterocycles. The van der Waals surface area contributed by atoms with Gasteiger partial charge in [0, 0.05) is 6.42 Å². The van der Waals surface area contributed by atoms with Gasteiger partial charge in [-0.25, -0.2) is 0 Å². The number of ether oxygens (including phenoxy) is 2. The van der Waals surface area contributed by atoms with Gasteiger partial charge in [0.25, 0.3) is 0 Å². The van der Waals surface area contributed by atoms with Crippen molar-refractivity contribution in [2.24, 2.45) is 11.8 Å². The van der Waals surface area contributed by atoms with E-state index in [1.54, 1.807) is 32.9 Å². The molecule has 0 aliphatic carbocycles. The SMILES string of the molecule is CC(C)(C)OC(=O)C[C@H]1C/C=C\C[C@@H](CC(=O)N[C@@H](CO)Cc2ccccc2)C(=O)NCCOC1=O. The van der Waals surface area contributed by atoms with E-state index in [2.05, 4.69) is 10.6 Å². The molecular formula is C27H38N2O7. The van der Waals surface area contributed by atoms with Crippen molar-refractivity contribution in [2.45, 2.75) is 64.5 Å². The first kappa shape index (κ1) is 29.0.